The second-order valence-corrected chi connectivity index (χ2v) is 4.50. The van der Waals surface area contributed by atoms with Crippen molar-refractivity contribution < 1.29 is 9.90 Å². The summed E-state index contributed by atoms with van der Waals surface area (Å²) < 4.78 is 0. The van der Waals surface area contributed by atoms with Crippen LogP contribution in [0.2, 0.25) is 0 Å². The van der Waals surface area contributed by atoms with Crippen LogP contribution in [0.25, 0.3) is 0 Å². The minimum absolute atomic E-state index is 0.335. The first-order chi connectivity index (χ1) is 8.27. The molecule has 0 spiro atoms. The molecule has 1 saturated heterocycles. The Morgan fingerprint density at radius 3 is 2.82 bits per heavy atom. The van der Waals surface area contributed by atoms with Gasteiger partial charge < -0.3 is 5.11 Å². The van der Waals surface area contributed by atoms with E-state index in [1.807, 2.05) is 18.3 Å². The Morgan fingerprint density at radius 2 is 2.24 bits per heavy atom. The topological polar surface area (TPSA) is 53.4 Å². The molecule has 1 N–H and O–H groups in total. The van der Waals surface area contributed by atoms with Crippen LogP contribution in [0.15, 0.2) is 24.5 Å². The highest BCUT2D eigenvalue weighted by molar-refractivity contribution is 5.73. The molecule has 0 aromatic carbocycles. The molecule has 1 aliphatic rings. The van der Waals surface area contributed by atoms with Gasteiger partial charge in [-0.3, -0.25) is 14.7 Å². The van der Waals surface area contributed by atoms with Gasteiger partial charge in [0.15, 0.2) is 0 Å². The number of aliphatic carboxylic acids is 1. The highest BCUT2D eigenvalue weighted by Gasteiger charge is 2.27. The van der Waals surface area contributed by atoms with Crippen LogP contribution in [0.1, 0.15) is 24.8 Å². The monoisotopic (exact) mass is 234 g/mol. The summed E-state index contributed by atoms with van der Waals surface area (Å²) in [7, 11) is 0. The fourth-order valence-corrected chi connectivity index (χ4v) is 2.36. The lowest BCUT2D eigenvalue weighted by Crippen LogP contribution is -2.39. The van der Waals surface area contributed by atoms with Crippen LogP contribution in [0.3, 0.4) is 0 Å². The summed E-state index contributed by atoms with van der Waals surface area (Å²) >= 11 is 0. The quantitative estimate of drug-likeness (QED) is 0.840. The van der Waals surface area contributed by atoms with Gasteiger partial charge in [0.1, 0.15) is 6.04 Å². The fourth-order valence-electron chi connectivity index (χ4n) is 2.36. The third-order valence-electron chi connectivity index (χ3n) is 3.30. The number of likely N-dealkylation sites (tertiary alicyclic amines) is 1. The van der Waals surface area contributed by atoms with E-state index in [1.165, 1.54) is 0 Å². The zero-order valence-corrected chi connectivity index (χ0v) is 9.88. The lowest BCUT2D eigenvalue weighted by molar-refractivity contribution is -0.143. The van der Waals surface area contributed by atoms with Crippen molar-refractivity contribution in [1.82, 2.24) is 9.88 Å². The van der Waals surface area contributed by atoms with Crippen LogP contribution < -0.4 is 0 Å². The first-order valence-electron chi connectivity index (χ1n) is 6.13. The van der Waals surface area contributed by atoms with Gasteiger partial charge in [-0.05, 0) is 50.4 Å². The number of rotatable bonds is 5. The molecule has 0 amide bonds. The van der Waals surface area contributed by atoms with Crippen LogP contribution >= 0.6 is 0 Å². The second kappa shape index (κ2) is 5.77. The summed E-state index contributed by atoms with van der Waals surface area (Å²) in [5.41, 5.74) is 1.11. The number of hydrogen-bond acceptors (Lipinski definition) is 3. The molecule has 1 fully saturated rings. The fraction of sp³-hybridized carbons (Fsp3) is 0.538. The zero-order chi connectivity index (χ0) is 12.1. The molecular formula is C13H18N2O2. The van der Waals surface area contributed by atoms with E-state index in [2.05, 4.69) is 9.88 Å². The Morgan fingerprint density at radius 1 is 1.47 bits per heavy atom. The second-order valence-electron chi connectivity index (χ2n) is 4.50. The third-order valence-corrected chi connectivity index (χ3v) is 3.30. The minimum Gasteiger partial charge on any atom is -0.480 e. The summed E-state index contributed by atoms with van der Waals surface area (Å²) in [4.78, 5) is 17.4. The summed E-state index contributed by atoms with van der Waals surface area (Å²) in [5, 5.41) is 9.25. The molecule has 0 radical (unpaired) electrons. The number of nitrogens with zero attached hydrogens (tertiary/aromatic N) is 2. The van der Waals surface area contributed by atoms with Crippen molar-refractivity contribution in [1.29, 1.82) is 0 Å². The maximum Gasteiger partial charge on any atom is 0.320 e. The number of aromatic nitrogens is 1. The van der Waals surface area contributed by atoms with E-state index < -0.39 is 5.97 Å². The normalized spacial score (nSPS) is 18.1. The van der Waals surface area contributed by atoms with Gasteiger partial charge in [0, 0.05) is 12.4 Å². The number of carboxylic acids is 1. The Labute approximate surface area is 101 Å². The van der Waals surface area contributed by atoms with Crippen LogP contribution in [-0.2, 0) is 11.2 Å². The van der Waals surface area contributed by atoms with Gasteiger partial charge in [-0.1, -0.05) is 6.07 Å². The van der Waals surface area contributed by atoms with E-state index in [4.69, 9.17) is 0 Å². The number of carboxylic acid groups (broad SMARTS) is 1. The largest absolute Gasteiger partial charge is 0.480 e. The van der Waals surface area contributed by atoms with Gasteiger partial charge in [0.25, 0.3) is 0 Å². The number of aryl methyl sites for hydroxylation is 1. The molecule has 17 heavy (non-hydrogen) atoms. The number of pyridine rings is 1. The molecule has 1 atom stereocenters. The van der Waals surface area contributed by atoms with Crippen molar-refractivity contribution in [2.75, 3.05) is 13.1 Å². The van der Waals surface area contributed by atoms with Gasteiger partial charge in [0.2, 0.25) is 0 Å². The average Bonchev–Trinajstić information content (AvgIpc) is 2.84. The number of hydrogen-bond donors (Lipinski definition) is 1. The lowest BCUT2D eigenvalue weighted by atomic mass is 10.1. The molecule has 4 nitrogen and oxygen atoms in total. The maximum atomic E-state index is 11.3. The van der Waals surface area contributed by atoms with Crippen molar-refractivity contribution >= 4 is 5.97 Å². The van der Waals surface area contributed by atoms with Gasteiger partial charge in [-0.2, -0.15) is 0 Å². The first kappa shape index (κ1) is 12.0. The van der Waals surface area contributed by atoms with Crippen LogP contribution in [0, 0.1) is 0 Å². The molecule has 92 valence electrons. The average molecular weight is 234 g/mol. The summed E-state index contributed by atoms with van der Waals surface area (Å²) in [5.74, 6) is -0.698. The van der Waals surface area contributed by atoms with Crippen molar-refractivity contribution in [2.45, 2.75) is 31.7 Å². The van der Waals surface area contributed by atoms with Crippen LogP contribution in [-0.4, -0.2) is 40.1 Å². The van der Waals surface area contributed by atoms with Crippen molar-refractivity contribution in [3.05, 3.63) is 30.1 Å². The highest BCUT2D eigenvalue weighted by atomic mass is 16.4. The van der Waals surface area contributed by atoms with Gasteiger partial charge >= 0.3 is 5.97 Å². The molecule has 2 rings (SSSR count). The Bertz CT molecular complexity index is 361. The summed E-state index contributed by atoms with van der Waals surface area (Å²) in [6.45, 7) is 1.84. The van der Waals surface area contributed by atoms with E-state index in [-0.39, 0.29) is 6.04 Å². The van der Waals surface area contributed by atoms with Crippen LogP contribution in [0.4, 0.5) is 0 Å². The van der Waals surface area contributed by atoms with Crippen molar-refractivity contribution in [3.8, 4) is 0 Å². The Hall–Kier alpha value is -1.42. The van der Waals surface area contributed by atoms with E-state index in [1.54, 1.807) is 6.20 Å². The molecule has 1 aromatic heterocycles. The van der Waals surface area contributed by atoms with Gasteiger partial charge in [0.05, 0.1) is 0 Å². The molecule has 0 bridgehead atoms. The standard InChI is InChI=1S/C13H18N2O2/c16-13(17)12(15-8-1-2-9-15)6-5-11-4-3-7-14-10-11/h3-4,7,10,12H,1-2,5-6,8-9H2,(H,16,17). The third kappa shape index (κ3) is 3.27. The predicted octanol–water partition coefficient (Wildman–Crippen LogP) is 1.56. The maximum absolute atomic E-state index is 11.3. The SMILES string of the molecule is O=C(O)C(CCc1cccnc1)N1CCCC1. The smallest absolute Gasteiger partial charge is 0.320 e. The van der Waals surface area contributed by atoms with Crippen LogP contribution in [0.5, 0.6) is 0 Å². The van der Waals surface area contributed by atoms with E-state index in [0.29, 0.717) is 6.42 Å². The molecule has 1 aliphatic heterocycles. The van der Waals surface area contributed by atoms with Crippen molar-refractivity contribution in [2.24, 2.45) is 0 Å². The zero-order valence-electron chi connectivity index (χ0n) is 9.88. The molecular weight excluding hydrogens is 216 g/mol. The van der Waals surface area contributed by atoms with Gasteiger partial charge in [-0.25, -0.2) is 0 Å². The highest BCUT2D eigenvalue weighted by Crippen LogP contribution is 2.16. The first-order valence-corrected chi connectivity index (χ1v) is 6.13. The molecule has 1 aromatic rings. The predicted molar refractivity (Wildman–Crippen MR) is 64.8 cm³/mol. The molecule has 0 saturated carbocycles. The summed E-state index contributed by atoms with van der Waals surface area (Å²) in [6, 6.07) is 3.55. The lowest BCUT2D eigenvalue weighted by Gasteiger charge is -2.23. The molecule has 0 aliphatic carbocycles. The summed E-state index contributed by atoms with van der Waals surface area (Å²) in [6.07, 6.45) is 7.23. The molecule has 2 heterocycles. The molecule has 1 unspecified atom stereocenters. The number of carbonyl (C=O) groups is 1. The molecule has 4 heteroatoms. The van der Waals surface area contributed by atoms with E-state index >= 15 is 0 Å². The minimum atomic E-state index is -0.698. The van der Waals surface area contributed by atoms with Crippen molar-refractivity contribution in [3.63, 3.8) is 0 Å². The van der Waals surface area contributed by atoms with Gasteiger partial charge in [-0.15, -0.1) is 0 Å². The Kier molecular flexibility index (Phi) is 4.09. The van der Waals surface area contributed by atoms with E-state index in [0.717, 1.165) is 37.9 Å². The Balaban J connectivity index is 1.92. The van der Waals surface area contributed by atoms with E-state index in [9.17, 15) is 9.90 Å².